The number of likely N-dealkylation sites (tertiary alicyclic amines) is 1. The Morgan fingerprint density at radius 3 is 2.61 bits per heavy atom. The van der Waals surface area contributed by atoms with Crippen LogP contribution in [0.5, 0.6) is 0 Å². The third-order valence-corrected chi connectivity index (χ3v) is 7.39. The van der Waals surface area contributed by atoms with Gasteiger partial charge in [-0.25, -0.2) is 4.98 Å². The lowest BCUT2D eigenvalue weighted by Gasteiger charge is -2.22. The highest BCUT2D eigenvalue weighted by Crippen LogP contribution is 2.28. The van der Waals surface area contributed by atoms with E-state index in [2.05, 4.69) is 10.2 Å². The molecule has 2 aromatic heterocycles. The van der Waals surface area contributed by atoms with Crippen LogP contribution in [0.4, 0.5) is 5.69 Å². The molecule has 1 amide bonds. The number of nitrogens with zero attached hydrogens (tertiary/aromatic N) is 3. The standard InChI is InChI=1S/C24H30N4O2S/c1-14-8-9-15(2)19(12-14)25-22(29)17(4)28-20(13-27-10-6-7-11-27)26-23-21(24(28)30)16(3)18(5)31-23/h8-9,12,17H,6-7,10-11,13H2,1-5H3,(H,25,29). The molecule has 7 heteroatoms. The van der Waals surface area contributed by atoms with Gasteiger partial charge >= 0.3 is 0 Å². The molecule has 1 unspecified atom stereocenters. The molecular weight excluding hydrogens is 408 g/mol. The van der Waals surface area contributed by atoms with Crippen LogP contribution < -0.4 is 10.9 Å². The van der Waals surface area contributed by atoms with Gasteiger partial charge in [-0.05, 0) is 83.3 Å². The minimum Gasteiger partial charge on any atom is -0.324 e. The number of hydrogen-bond donors (Lipinski definition) is 1. The van der Waals surface area contributed by atoms with Crippen LogP contribution >= 0.6 is 11.3 Å². The average molecular weight is 439 g/mol. The lowest BCUT2D eigenvalue weighted by Crippen LogP contribution is -2.36. The molecule has 1 atom stereocenters. The third kappa shape index (κ3) is 4.16. The Morgan fingerprint density at radius 1 is 1.19 bits per heavy atom. The van der Waals surface area contributed by atoms with E-state index in [1.807, 2.05) is 45.9 Å². The molecule has 0 spiro atoms. The van der Waals surface area contributed by atoms with Crippen molar-refractivity contribution in [2.45, 2.75) is 60.0 Å². The van der Waals surface area contributed by atoms with E-state index >= 15 is 0 Å². The fraction of sp³-hybridized carbons (Fsp3) is 0.458. The number of thiophene rings is 1. The normalized spacial score (nSPS) is 15.5. The van der Waals surface area contributed by atoms with Gasteiger partial charge in [0.05, 0.1) is 11.9 Å². The van der Waals surface area contributed by atoms with Gasteiger partial charge in [0, 0.05) is 10.6 Å². The summed E-state index contributed by atoms with van der Waals surface area (Å²) in [6, 6.07) is 5.31. The van der Waals surface area contributed by atoms with E-state index in [0.29, 0.717) is 17.8 Å². The highest BCUT2D eigenvalue weighted by molar-refractivity contribution is 7.18. The Hall–Kier alpha value is -2.51. The molecular formula is C24H30N4O2S. The van der Waals surface area contributed by atoms with Crippen LogP contribution in [0.2, 0.25) is 0 Å². The van der Waals surface area contributed by atoms with Gasteiger partial charge in [0.15, 0.2) is 0 Å². The molecule has 0 bridgehead atoms. The molecule has 31 heavy (non-hydrogen) atoms. The Balaban J connectivity index is 1.76. The van der Waals surface area contributed by atoms with Crippen molar-refractivity contribution in [1.82, 2.24) is 14.5 Å². The van der Waals surface area contributed by atoms with Crippen molar-refractivity contribution in [3.05, 3.63) is 55.9 Å². The molecule has 3 aromatic rings. The number of aromatic nitrogens is 2. The lowest BCUT2D eigenvalue weighted by molar-refractivity contribution is -0.119. The number of fused-ring (bicyclic) bond motifs is 1. The fourth-order valence-electron chi connectivity index (χ4n) is 4.22. The predicted molar refractivity (Wildman–Crippen MR) is 127 cm³/mol. The highest BCUT2D eigenvalue weighted by Gasteiger charge is 2.26. The number of carbonyl (C=O) groups is 1. The number of aryl methyl sites for hydroxylation is 4. The van der Waals surface area contributed by atoms with Crippen molar-refractivity contribution < 1.29 is 4.79 Å². The Kier molecular flexibility index (Phi) is 5.99. The zero-order valence-electron chi connectivity index (χ0n) is 18.9. The molecule has 0 aliphatic carbocycles. The molecule has 4 rings (SSSR count). The van der Waals surface area contributed by atoms with Gasteiger partial charge in [0.25, 0.3) is 5.56 Å². The van der Waals surface area contributed by atoms with Crippen LogP contribution in [0, 0.1) is 27.7 Å². The van der Waals surface area contributed by atoms with Crippen LogP contribution in [-0.4, -0.2) is 33.4 Å². The summed E-state index contributed by atoms with van der Waals surface area (Å²) in [7, 11) is 0. The Morgan fingerprint density at radius 2 is 1.90 bits per heavy atom. The number of nitrogens with one attached hydrogen (secondary N) is 1. The molecule has 1 aliphatic heterocycles. The first-order valence-corrected chi connectivity index (χ1v) is 11.7. The summed E-state index contributed by atoms with van der Waals surface area (Å²) in [5.41, 5.74) is 3.69. The van der Waals surface area contributed by atoms with Crippen LogP contribution in [0.1, 0.15) is 53.2 Å². The van der Waals surface area contributed by atoms with Crippen molar-refractivity contribution in [2.24, 2.45) is 0 Å². The predicted octanol–water partition coefficient (Wildman–Crippen LogP) is 4.49. The summed E-state index contributed by atoms with van der Waals surface area (Å²) in [5.74, 6) is 0.466. The smallest absolute Gasteiger partial charge is 0.263 e. The second kappa shape index (κ2) is 8.55. The van der Waals surface area contributed by atoms with E-state index in [0.717, 1.165) is 58.0 Å². The van der Waals surface area contributed by atoms with Gasteiger partial charge in [0.2, 0.25) is 5.91 Å². The van der Waals surface area contributed by atoms with Crippen LogP contribution in [0.3, 0.4) is 0 Å². The highest BCUT2D eigenvalue weighted by atomic mass is 32.1. The van der Waals surface area contributed by atoms with Crippen LogP contribution in [-0.2, 0) is 11.3 Å². The Bertz CT molecular complexity index is 1200. The number of rotatable bonds is 5. The molecule has 0 radical (unpaired) electrons. The molecule has 1 aromatic carbocycles. The Labute approximate surface area is 186 Å². The van der Waals surface area contributed by atoms with Crippen LogP contribution in [0.25, 0.3) is 10.2 Å². The number of amides is 1. The molecule has 6 nitrogen and oxygen atoms in total. The van der Waals surface area contributed by atoms with E-state index in [1.54, 1.807) is 22.8 Å². The summed E-state index contributed by atoms with van der Waals surface area (Å²) in [6.07, 6.45) is 2.32. The van der Waals surface area contributed by atoms with Gasteiger partial charge < -0.3 is 5.32 Å². The number of carbonyl (C=O) groups excluding carboxylic acids is 1. The largest absolute Gasteiger partial charge is 0.324 e. The zero-order valence-corrected chi connectivity index (χ0v) is 19.7. The quantitative estimate of drug-likeness (QED) is 0.637. The maximum atomic E-state index is 13.6. The maximum Gasteiger partial charge on any atom is 0.263 e. The molecule has 1 aliphatic rings. The summed E-state index contributed by atoms with van der Waals surface area (Å²) in [4.78, 5) is 35.9. The van der Waals surface area contributed by atoms with Crippen molar-refractivity contribution in [3.8, 4) is 0 Å². The van der Waals surface area contributed by atoms with Crippen molar-refractivity contribution in [2.75, 3.05) is 18.4 Å². The third-order valence-electron chi connectivity index (χ3n) is 6.29. The lowest BCUT2D eigenvalue weighted by atomic mass is 10.1. The molecule has 3 heterocycles. The minimum absolute atomic E-state index is 0.121. The van der Waals surface area contributed by atoms with Gasteiger partial charge in [-0.1, -0.05) is 12.1 Å². The summed E-state index contributed by atoms with van der Waals surface area (Å²) in [5, 5.41) is 3.67. The number of hydrogen-bond acceptors (Lipinski definition) is 5. The monoisotopic (exact) mass is 438 g/mol. The second-order valence-corrected chi connectivity index (χ2v) is 9.84. The first-order chi connectivity index (χ1) is 14.8. The van der Waals surface area contributed by atoms with E-state index in [1.165, 1.54) is 0 Å². The molecule has 0 saturated carbocycles. The molecule has 164 valence electrons. The van der Waals surface area contributed by atoms with E-state index in [4.69, 9.17) is 4.98 Å². The van der Waals surface area contributed by atoms with Crippen molar-refractivity contribution >= 4 is 33.1 Å². The van der Waals surface area contributed by atoms with Crippen LogP contribution in [0.15, 0.2) is 23.0 Å². The molecule has 1 fully saturated rings. The van der Waals surface area contributed by atoms with E-state index in [-0.39, 0.29) is 11.5 Å². The number of anilines is 1. The van der Waals surface area contributed by atoms with Gasteiger partial charge in [0.1, 0.15) is 16.7 Å². The fourth-order valence-corrected chi connectivity index (χ4v) is 5.26. The molecule has 1 saturated heterocycles. The SMILES string of the molecule is Cc1ccc(C)c(NC(=O)C(C)n2c(CN3CCCC3)nc3sc(C)c(C)c3c2=O)c1. The number of benzene rings is 1. The zero-order chi connectivity index (χ0) is 22.3. The summed E-state index contributed by atoms with van der Waals surface area (Å²) in [6.45, 7) is 12.3. The van der Waals surface area contributed by atoms with Gasteiger partial charge in [-0.15, -0.1) is 11.3 Å². The van der Waals surface area contributed by atoms with Gasteiger partial charge in [-0.2, -0.15) is 0 Å². The van der Waals surface area contributed by atoms with E-state index in [9.17, 15) is 9.59 Å². The maximum absolute atomic E-state index is 13.6. The summed E-state index contributed by atoms with van der Waals surface area (Å²) >= 11 is 1.56. The van der Waals surface area contributed by atoms with Crippen molar-refractivity contribution in [3.63, 3.8) is 0 Å². The topological polar surface area (TPSA) is 67.2 Å². The first-order valence-electron chi connectivity index (χ1n) is 10.9. The first kappa shape index (κ1) is 21.7. The minimum atomic E-state index is -0.665. The second-order valence-electron chi connectivity index (χ2n) is 8.63. The average Bonchev–Trinajstić information content (AvgIpc) is 3.32. The van der Waals surface area contributed by atoms with Gasteiger partial charge in [-0.3, -0.25) is 19.1 Å². The molecule has 1 N–H and O–H groups in total. The summed E-state index contributed by atoms with van der Waals surface area (Å²) < 4.78 is 1.61. The van der Waals surface area contributed by atoms with E-state index < -0.39 is 6.04 Å². The van der Waals surface area contributed by atoms with Crippen molar-refractivity contribution in [1.29, 1.82) is 0 Å².